The van der Waals surface area contributed by atoms with E-state index in [4.69, 9.17) is 5.26 Å². The first-order valence-electron chi connectivity index (χ1n) is 4.89. The largest absolute Gasteiger partial charge is 0.193 e. The predicted octanol–water partition coefficient (Wildman–Crippen LogP) is 3.27. The van der Waals surface area contributed by atoms with Gasteiger partial charge in [-0.3, -0.25) is 0 Å². The van der Waals surface area contributed by atoms with Crippen LogP contribution in [-0.4, -0.2) is 0 Å². The summed E-state index contributed by atoms with van der Waals surface area (Å²) in [5.74, 6) is 0. The van der Waals surface area contributed by atoms with Gasteiger partial charge < -0.3 is 0 Å². The first-order chi connectivity index (χ1) is 6.42. The van der Waals surface area contributed by atoms with Gasteiger partial charge in [0.2, 0.25) is 0 Å². The summed E-state index contributed by atoms with van der Waals surface area (Å²) in [6.45, 7) is 0. The molecule has 13 heavy (non-hydrogen) atoms. The minimum absolute atomic E-state index is 1.04. The van der Waals surface area contributed by atoms with Gasteiger partial charge in [0.1, 0.15) is 0 Å². The van der Waals surface area contributed by atoms with Crippen LogP contribution in [0.1, 0.15) is 32.1 Å². The summed E-state index contributed by atoms with van der Waals surface area (Å²) in [7, 11) is 0. The van der Waals surface area contributed by atoms with Crippen LogP contribution in [0.15, 0.2) is 34.9 Å². The number of nitrogens with zero attached hydrogens (tertiary/aromatic N) is 1. The summed E-state index contributed by atoms with van der Waals surface area (Å²) in [4.78, 5) is 0. The van der Waals surface area contributed by atoms with E-state index in [1.54, 1.807) is 11.6 Å². The highest BCUT2D eigenvalue weighted by molar-refractivity contribution is 5.51. The highest BCUT2D eigenvalue weighted by Crippen LogP contribution is 2.35. The van der Waals surface area contributed by atoms with Crippen molar-refractivity contribution >= 4 is 0 Å². The molecule has 1 heteroatoms. The number of rotatable bonds is 0. The zero-order valence-electron chi connectivity index (χ0n) is 7.71. The van der Waals surface area contributed by atoms with Crippen LogP contribution >= 0.6 is 0 Å². The quantitative estimate of drug-likeness (QED) is 0.513. The molecule has 0 heterocycles. The summed E-state index contributed by atoms with van der Waals surface area (Å²) in [5.41, 5.74) is 4.17. The molecule has 0 aliphatic heterocycles. The average Bonchev–Trinajstić information content (AvgIpc) is 2.71. The van der Waals surface area contributed by atoms with Gasteiger partial charge in [-0.25, -0.2) is 0 Å². The van der Waals surface area contributed by atoms with Crippen molar-refractivity contribution in [3.05, 3.63) is 34.9 Å². The van der Waals surface area contributed by atoms with Gasteiger partial charge in [0.15, 0.2) is 0 Å². The van der Waals surface area contributed by atoms with Gasteiger partial charge in [-0.1, -0.05) is 17.7 Å². The molecular formula is C12H13N. The Kier molecular flexibility index (Phi) is 2.31. The molecule has 0 amide bonds. The molecular weight excluding hydrogens is 158 g/mol. The summed E-state index contributed by atoms with van der Waals surface area (Å²) >= 11 is 0. The predicted molar refractivity (Wildman–Crippen MR) is 52.9 cm³/mol. The molecule has 0 aromatic rings. The fraction of sp³-hybridized carbons (Fsp3) is 0.417. The second kappa shape index (κ2) is 3.62. The molecule has 1 fully saturated rings. The van der Waals surface area contributed by atoms with Gasteiger partial charge in [0.05, 0.1) is 6.07 Å². The molecule has 0 N–H and O–H groups in total. The van der Waals surface area contributed by atoms with Gasteiger partial charge in [0, 0.05) is 6.08 Å². The Labute approximate surface area is 79.1 Å². The Morgan fingerprint density at radius 3 is 2.77 bits per heavy atom. The molecule has 0 atom stereocenters. The van der Waals surface area contributed by atoms with E-state index in [2.05, 4.69) is 18.2 Å². The van der Waals surface area contributed by atoms with Crippen molar-refractivity contribution in [2.45, 2.75) is 32.1 Å². The fourth-order valence-electron chi connectivity index (χ4n) is 2.18. The Morgan fingerprint density at radius 1 is 1.31 bits per heavy atom. The van der Waals surface area contributed by atoms with Gasteiger partial charge in [-0.15, -0.1) is 0 Å². The van der Waals surface area contributed by atoms with Crippen LogP contribution in [0.3, 0.4) is 0 Å². The van der Waals surface area contributed by atoms with E-state index >= 15 is 0 Å². The van der Waals surface area contributed by atoms with Crippen molar-refractivity contribution in [1.82, 2.24) is 0 Å². The minimum Gasteiger partial charge on any atom is -0.193 e. The SMILES string of the molecule is N#C/C=C1\C=CCC1=C1CCCC1. The van der Waals surface area contributed by atoms with E-state index in [1.165, 1.54) is 31.3 Å². The molecule has 0 spiro atoms. The van der Waals surface area contributed by atoms with Gasteiger partial charge in [0.25, 0.3) is 0 Å². The summed E-state index contributed by atoms with van der Waals surface area (Å²) < 4.78 is 0. The van der Waals surface area contributed by atoms with Crippen molar-refractivity contribution in [1.29, 1.82) is 5.26 Å². The standard InChI is InChI=1S/C12H13N/c13-9-8-11-6-3-7-12(11)10-4-1-2-5-10/h3,6,8H,1-2,4-5,7H2/b11-8+. The molecule has 0 aromatic carbocycles. The third-order valence-electron chi connectivity index (χ3n) is 2.82. The monoisotopic (exact) mass is 171 g/mol. The number of hydrogen-bond donors (Lipinski definition) is 0. The molecule has 0 unspecified atom stereocenters. The maximum Gasteiger partial charge on any atom is 0.0918 e. The van der Waals surface area contributed by atoms with E-state index in [0.717, 1.165) is 12.0 Å². The Morgan fingerprint density at radius 2 is 2.08 bits per heavy atom. The summed E-state index contributed by atoms with van der Waals surface area (Å²) in [5, 5.41) is 8.60. The van der Waals surface area contributed by atoms with Crippen LogP contribution in [0, 0.1) is 11.3 Å². The average molecular weight is 171 g/mol. The maximum absolute atomic E-state index is 8.60. The molecule has 0 aromatic heterocycles. The molecule has 0 bridgehead atoms. The summed E-state index contributed by atoms with van der Waals surface area (Å²) in [6.07, 6.45) is 12.1. The highest BCUT2D eigenvalue weighted by atomic mass is 14.2. The summed E-state index contributed by atoms with van der Waals surface area (Å²) in [6, 6.07) is 2.12. The van der Waals surface area contributed by atoms with Gasteiger partial charge in [-0.05, 0) is 43.3 Å². The number of allylic oxidation sites excluding steroid dienone is 6. The molecule has 1 saturated carbocycles. The Hall–Kier alpha value is -1.29. The minimum atomic E-state index is 1.04. The van der Waals surface area contributed by atoms with E-state index in [-0.39, 0.29) is 0 Å². The van der Waals surface area contributed by atoms with Crippen LogP contribution in [0.2, 0.25) is 0 Å². The first kappa shape index (κ1) is 8.31. The van der Waals surface area contributed by atoms with Crippen molar-refractivity contribution in [3.63, 3.8) is 0 Å². The van der Waals surface area contributed by atoms with Crippen LogP contribution in [0.25, 0.3) is 0 Å². The molecule has 2 rings (SSSR count). The maximum atomic E-state index is 8.60. The molecule has 0 radical (unpaired) electrons. The zero-order valence-corrected chi connectivity index (χ0v) is 7.71. The van der Waals surface area contributed by atoms with E-state index in [0.29, 0.717) is 0 Å². The van der Waals surface area contributed by atoms with Crippen LogP contribution in [-0.2, 0) is 0 Å². The third-order valence-corrected chi connectivity index (χ3v) is 2.82. The highest BCUT2D eigenvalue weighted by Gasteiger charge is 2.16. The van der Waals surface area contributed by atoms with E-state index in [9.17, 15) is 0 Å². The topological polar surface area (TPSA) is 23.8 Å². The molecule has 2 aliphatic rings. The lowest BCUT2D eigenvalue weighted by atomic mass is 10.0. The smallest absolute Gasteiger partial charge is 0.0918 e. The van der Waals surface area contributed by atoms with Crippen LogP contribution in [0.4, 0.5) is 0 Å². The van der Waals surface area contributed by atoms with Crippen LogP contribution in [0.5, 0.6) is 0 Å². The first-order valence-corrected chi connectivity index (χ1v) is 4.89. The molecule has 2 aliphatic carbocycles. The van der Waals surface area contributed by atoms with Crippen molar-refractivity contribution < 1.29 is 0 Å². The van der Waals surface area contributed by atoms with Crippen molar-refractivity contribution in [2.75, 3.05) is 0 Å². The lowest BCUT2D eigenvalue weighted by Crippen LogP contribution is -1.85. The van der Waals surface area contributed by atoms with Gasteiger partial charge in [-0.2, -0.15) is 5.26 Å². The zero-order chi connectivity index (χ0) is 9.10. The third kappa shape index (κ3) is 1.58. The Bertz CT molecular complexity index is 329. The molecule has 66 valence electrons. The second-order valence-corrected chi connectivity index (χ2v) is 3.62. The number of nitriles is 1. The normalized spacial score (nSPS) is 24.4. The van der Waals surface area contributed by atoms with E-state index in [1.807, 2.05) is 0 Å². The number of hydrogen-bond acceptors (Lipinski definition) is 1. The second-order valence-electron chi connectivity index (χ2n) is 3.62. The fourth-order valence-corrected chi connectivity index (χ4v) is 2.18. The lowest BCUT2D eigenvalue weighted by molar-refractivity contribution is 0.886. The van der Waals surface area contributed by atoms with Crippen LogP contribution < -0.4 is 0 Å². The molecule has 1 nitrogen and oxygen atoms in total. The van der Waals surface area contributed by atoms with Gasteiger partial charge >= 0.3 is 0 Å². The lowest BCUT2D eigenvalue weighted by Gasteiger charge is -2.04. The Balaban J connectivity index is 2.30. The van der Waals surface area contributed by atoms with E-state index < -0.39 is 0 Å². The van der Waals surface area contributed by atoms with Crippen molar-refractivity contribution in [2.24, 2.45) is 0 Å². The van der Waals surface area contributed by atoms with Crippen molar-refractivity contribution in [3.8, 4) is 6.07 Å². The molecule has 0 saturated heterocycles.